The SMILES string of the molecule is CSc1ccc(C2=NN(N3CCC3Oc3ccc(CN(C)C)cc3)C(C=O)O2)cc1. The van der Waals surface area contributed by atoms with Gasteiger partial charge >= 0.3 is 0 Å². The van der Waals surface area contributed by atoms with Crippen molar-refractivity contribution >= 4 is 23.9 Å². The Morgan fingerprint density at radius 1 is 1.20 bits per heavy atom. The van der Waals surface area contributed by atoms with E-state index in [1.807, 2.05) is 61.8 Å². The van der Waals surface area contributed by atoms with Gasteiger partial charge in [-0.15, -0.1) is 16.9 Å². The Morgan fingerprint density at radius 3 is 2.50 bits per heavy atom. The second kappa shape index (κ2) is 9.07. The highest BCUT2D eigenvalue weighted by molar-refractivity contribution is 7.98. The van der Waals surface area contributed by atoms with E-state index in [0.29, 0.717) is 5.90 Å². The first-order chi connectivity index (χ1) is 14.6. The van der Waals surface area contributed by atoms with Crippen LogP contribution >= 0.6 is 11.8 Å². The van der Waals surface area contributed by atoms with Gasteiger partial charge in [0.2, 0.25) is 5.90 Å². The van der Waals surface area contributed by atoms with Crippen LogP contribution in [0.25, 0.3) is 0 Å². The molecule has 7 nitrogen and oxygen atoms in total. The average molecular weight is 427 g/mol. The summed E-state index contributed by atoms with van der Waals surface area (Å²) in [6.45, 7) is 1.64. The highest BCUT2D eigenvalue weighted by atomic mass is 32.2. The van der Waals surface area contributed by atoms with Crippen molar-refractivity contribution in [3.63, 3.8) is 0 Å². The van der Waals surface area contributed by atoms with E-state index in [2.05, 4.69) is 22.1 Å². The van der Waals surface area contributed by atoms with E-state index in [-0.39, 0.29) is 6.23 Å². The van der Waals surface area contributed by atoms with E-state index < -0.39 is 6.23 Å². The summed E-state index contributed by atoms with van der Waals surface area (Å²) in [5, 5.41) is 8.08. The van der Waals surface area contributed by atoms with E-state index in [1.165, 1.54) is 5.56 Å². The predicted molar refractivity (Wildman–Crippen MR) is 117 cm³/mol. The van der Waals surface area contributed by atoms with Gasteiger partial charge < -0.3 is 14.4 Å². The summed E-state index contributed by atoms with van der Waals surface area (Å²) in [6, 6.07) is 16.0. The van der Waals surface area contributed by atoms with Gasteiger partial charge in [-0.05, 0) is 62.3 Å². The number of hydrazone groups is 1. The fourth-order valence-corrected chi connectivity index (χ4v) is 3.79. The quantitative estimate of drug-likeness (QED) is 0.475. The molecular formula is C22H26N4O3S. The number of rotatable bonds is 8. The van der Waals surface area contributed by atoms with Crippen molar-refractivity contribution in [1.29, 1.82) is 0 Å². The number of hydrazine groups is 1. The standard InChI is InChI=1S/C22H26N4O3S/c1-24(2)14-16-4-8-18(9-5-16)28-20-12-13-25(20)26-21(15-27)29-22(23-26)17-6-10-19(30-3)11-7-17/h4-11,15,20-21H,12-14H2,1-3H3. The van der Waals surface area contributed by atoms with Gasteiger partial charge in [-0.25, -0.2) is 0 Å². The van der Waals surface area contributed by atoms with Crippen LogP contribution in [-0.4, -0.2) is 66.6 Å². The molecular weight excluding hydrogens is 400 g/mol. The number of hydrogen-bond donors (Lipinski definition) is 0. The zero-order chi connectivity index (χ0) is 21.1. The maximum atomic E-state index is 11.6. The first-order valence-electron chi connectivity index (χ1n) is 9.88. The molecule has 2 unspecified atom stereocenters. The summed E-state index contributed by atoms with van der Waals surface area (Å²) < 4.78 is 11.9. The van der Waals surface area contributed by atoms with Crippen LogP contribution in [0.5, 0.6) is 5.75 Å². The molecule has 0 bridgehead atoms. The van der Waals surface area contributed by atoms with Crippen LogP contribution in [0.15, 0.2) is 58.5 Å². The van der Waals surface area contributed by atoms with Crippen molar-refractivity contribution in [2.45, 2.75) is 30.3 Å². The molecule has 158 valence electrons. The first kappa shape index (κ1) is 20.7. The van der Waals surface area contributed by atoms with Crippen LogP contribution in [0.4, 0.5) is 0 Å². The van der Waals surface area contributed by atoms with Crippen molar-refractivity contribution in [3.8, 4) is 5.75 Å². The summed E-state index contributed by atoms with van der Waals surface area (Å²) in [4.78, 5) is 14.9. The minimum Gasteiger partial charge on any atom is -0.473 e. The molecule has 2 aromatic rings. The predicted octanol–water partition coefficient (Wildman–Crippen LogP) is 3.01. The molecule has 0 aromatic heterocycles. The molecule has 2 aliphatic heterocycles. The van der Waals surface area contributed by atoms with Crippen LogP contribution in [0, 0.1) is 0 Å². The molecule has 1 saturated heterocycles. The highest BCUT2D eigenvalue weighted by Crippen LogP contribution is 2.29. The molecule has 1 fully saturated rings. The van der Waals surface area contributed by atoms with Gasteiger partial charge in [-0.3, -0.25) is 4.79 Å². The Kier molecular flexibility index (Phi) is 6.26. The largest absolute Gasteiger partial charge is 0.473 e. The summed E-state index contributed by atoms with van der Waals surface area (Å²) in [5.41, 5.74) is 2.07. The Hall–Kier alpha value is -2.55. The van der Waals surface area contributed by atoms with Gasteiger partial charge in [0.1, 0.15) is 5.75 Å². The maximum absolute atomic E-state index is 11.6. The number of carbonyl (C=O) groups is 1. The molecule has 0 spiro atoms. The van der Waals surface area contributed by atoms with E-state index in [0.717, 1.165) is 42.0 Å². The third-order valence-corrected chi connectivity index (χ3v) is 5.75. The number of carbonyl (C=O) groups excluding carboxylic acids is 1. The highest BCUT2D eigenvalue weighted by Gasteiger charge is 2.42. The van der Waals surface area contributed by atoms with Crippen LogP contribution in [0.3, 0.4) is 0 Å². The summed E-state index contributed by atoms with van der Waals surface area (Å²) in [5.74, 6) is 1.24. The molecule has 8 heteroatoms. The van der Waals surface area contributed by atoms with Gasteiger partial charge in [0.15, 0.2) is 12.5 Å². The minimum atomic E-state index is -0.783. The molecule has 30 heavy (non-hydrogen) atoms. The second-order valence-corrected chi connectivity index (χ2v) is 8.38. The van der Waals surface area contributed by atoms with Crippen LogP contribution in [0.2, 0.25) is 0 Å². The minimum absolute atomic E-state index is 0.183. The number of hydrogen-bond acceptors (Lipinski definition) is 8. The van der Waals surface area contributed by atoms with Crippen molar-refractivity contribution in [2.75, 3.05) is 26.9 Å². The van der Waals surface area contributed by atoms with Crippen molar-refractivity contribution in [1.82, 2.24) is 15.0 Å². The number of aldehydes is 1. The van der Waals surface area contributed by atoms with Crippen LogP contribution < -0.4 is 4.74 Å². The van der Waals surface area contributed by atoms with E-state index in [4.69, 9.17) is 9.47 Å². The maximum Gasteiger partial charge on any atom is 0.260 e. The number of ether oxygens (including phenoxy) is 2. The molecule has 0 amide bonds. The zero-order valence-electron chi connectivity index (χ0n) is 17.4. The lowest BCUT2D eigenvalue weighted by atomic mass is 10.2. The van der Waals surface area contributed by atoms with E-state index >= 15 is 0 Å². The van der Waals surface area contributed by atoms with Crippen molar-refractivity contribution in [3.05, 3.63) is 59.7 Å². The van der Waals surface area contributed by atoms with E-state index in [1.54, 1.807) is 16.9 Å². The summed E-state index contributed by atoms with van der Waals surface area (Å²) in [7, 11) is 4.09. The molecule has 2 aromatic carbocycles. The molecule has 0 radical (unpaired) electrons. The number of benzene rings is 2. The molecule has 2 aliphatic rings. The van der Waals surface area contributed by atoms with Crippen molar-refractivity contribution < 1.29 is 14.3 Å². The Balaban J connectivity index is 1.44. The second-order valence-electron chi connectivity index (χ2n) is 7.50. The van der Waals surface area contributed by atoms with Crippen LogP contribution in [0.1, 0.15) is 17.5 Å². The van der Waals surface area contributed by atoms with E-state index in [9.17, 15) is 4.79 Å². The third kappa shape index (κ3) is 4.45. The number of nitrogens with zero attached hydrogens (tertiary/aromatic N) is 4. The molecule has 2 heterocycles. The number of thioether (sulfide) groups is 1. The Labute approximate surface area is 181 Å². The summed E-state index contributed by atoms with van der Waals surface area (Å²) in [6.07, 6.45) is 2.68. The van der Waals surface area contributed by atoms with Gasteiger partial charge in [0, 0.05) is 30.0 Å². The average Bonchev–Trinajstić information content (AvgIpc) is 3.15. The van der Waals surface area contributed by atoms with Crippen molar-refractivity contribution in [2.24, 2.45) is 5.10 Å². The lowest BCUT2D eigenvalue weighted by Gasteiger charge is -2.44. The molecule has 0 N–H and O–H groups in total. The lowest BCUT2D eigenvalue weighted by Crippen LogP contribution is -2.60. The van der Waals surface area contributed by atoms with Crippen LogP contribution in [-0.2, 0) is 16.1 Å². The molecule has 0 aliphatic carbocycles. The van der Waals surface area contributed by atoms with Gasteiger partial charge in [-0.2, -0.15) is 10.1 Å². The fraction of sp³-hybridized carbons (Fsp3) is 0.364. The molecule has 2 atom stereocenters. The molecule has 0 saturated carbocycles. The zero-order valence-corrected chi connectivity index (χ0v) is 18.2. The normalized spacial score (nSPS) is 21.2. The van der Waals surface area contributed by atoms with Gasteiger partial charge in [-0.1, -0.05) is 12.1 Å². The third-order valence-electron chi connectivity index (χ3n) is 5.00. The van der Waals surface area contributed by atoms with Gasteiger partial charge in [0.05, 0.1) is 0 Å². The summed E-state index contributed by atoms with van der Waals surface area (Å²) >= 11 is 1.67. The smallest absolute Gasteiger partial charge is 0.260 e. The Morgan fingerprint density at radius 2 is 1.93 bits per heavy atom. The Bertz CT molecular complexity index is 902. The monoisotopic (exact) mass is 426 g/mol. The lowest BCUT2D eigenvalue weighted by molar-refractivity contribution is -0.218. The van der Waals surface area contributed by atoms with Gasteiger partial charge in [0.25, 0.3) is 6.23 Å². The molecule has 4 rings (SSSR count). The fourth-order valence-electron chi connectivity index (χ4n) is 3.38. The first-order valence-corrected chi connectivity index (χ1v) is 11.1. The topological polar surface area (TPSA) is 57.6 Å².